The fourth-order valence-corrected chi connectivity index (χ4v) is 4.36. The predicted molar refractivity (Wildman–Crippen MR) is 136 cm³/mol. The molecule has 1 N–H and O–H groups in total. The van der Waals surface area contributed by atoms with E-state index < -0.39 is 0 Å². The number of aromatic hydroxyl groups is 1. The van der Waals surface area contributed by atoms with Crippen LogP contribution in [0.3, 0.4) is 0 Å². The van der Waals surface area contributed by atoms with Crippen molar-refractivity contribution in [2.24, 2.45) is 0 Å². The number of phenolic OH excluding ortho intramolecular Hbond substituents is 1. The maximum absolute atomic E-state index is 9.88. The largest absolute Gasteiger partial charge is 0.508 e. The third-order valence-electron chi connectivity index (χ3n) is 6.14. The van der Waals surface area contributed by atoms with Crippen LogP contribution in [0.4, 0.5) is 0 Å². The van der Waals surface area contributed by atoms with E-state index in [1.807, 2.05) is 19.9 Å². The first-order chi connectivity index (χ1) is 15.1. The Hall–Kier alpha value is -1.18. The van der Waals surface area contributed by atoms with Crippen molar-refractivity contribution in [1.82, 2.24) is 0 Å². The van der Waals surface area contributed by atoms with E-state index in [-0.39, 0.29) is 6.10 Å². The molecular formula is C29H52O2. The number of phenols is 1. The first-order valence-corrected chi connectivity index (χ1v) is 13.6. The lowest BCUT2D eigenvalue weighted by Crippen LogP contribution is -2.05. The molecule has 0 saturated carbocycles. The standard InChI is InChI=1S/C29H52O2/c1-4-5-6-7-8-9-10-11-12-13-14-15-16-17-18-19-20-21-22-27-23-28(30)25-29(24-27)31-26(2)3/h23-26,30H,4-22H2,1-3H3. The quantitative estimate of drug-likeness (QED) is 0.196. The van der Waals surface area contributed by atoms with Crippen molar-refractivity contribution in [2.75, 3.05) is 0 Å². The summed E-state index contributed by atoms with van der Waals surface area (Å²) in [6, 6.07) is 5.66. The van der Waals surface area contributed by atoms with Crippen LogP contribution in [0, 0.1) is 0 Å². The number of ether oxygens (including phenoxy) is 1. The van der Waals surface area contributed by atoms with Crippen LogP contribution in [0.25, 0.3) is 0 Å². The van der Waals surface area contributed by atoms with E-state index in [0.717, 1.165) is 12.2 Å². The molecule has 0 spiro atoms. The Morgan fingerprint density at radius 3 is 1.45 bits per heavy atom. The van der Waals surface area contributed by atoms with Crippen molar-refractivity contribution in [2.45, 2.75) is 149 Å². The summed E-state index contributed by atoms with van der Waals surface area (Å²) in [6.45, 7) is 6.32. The maximum atomic E-state index is 9.88. The van der Waals surface area contributed by atoms with Gasteiger partial charge in [0, 0.05) is 6.07 Å². The van der Waals surface area contributed by atoms with Gasteiger partial charge in [-0.2, -0.15) is 0 Å². The highest BCUT2D eigenvalue weighted by Crippen LogP contribution is 2.24. The first-order valence-electron chi connectivity index (χ1n) is 13.6. The zero-order chi connectivity index (χ0) is 22.6. The zero-order valence-electron chi connectivity index (χ0n) is 21.1. The summed E-state index contributed by atoms with van der Waals surface area (Å²) in [7, 11) is 0. The molecule has 0 amide bonds. The van der Waals surface area contributed by atoms with Crippen LogP contribution < -0.4 is 4.74 Å². The highest BCUT2D eigenvalue weighted by molar-refractivity contribution is 5.37. The molecule has 0 aliphatic carbocycles. The van der Waals surface area contributed by atoms with Crippen LogP contribution in [0.2, 0.25) is 0 Å². The lowest BCUT2D eigenvalue weighted by molar-refractivity contribution is 0.241. The van der Waals surface area contributed by atoms with E-state index in [9.17, 15) is 5.11 Å². The average Bonchev–Trinajstić information content (AvgIpc) is 2.72. The fraction of sp³-hybridized carbons (Fsp3) is 0.793. The summed E-state index contributed by atoms with van der Waals surface area (Å²) < 4.78 is 5.72. The van der Waals surface area contributed by atoms with E-state index in [1.165, 1.54) is 121 Å². The Balaban J connectivity index is 1.86. The van der Waals surface area contributed by atoms with Gasteiger partial charge in [0.25, 0.3) is 0 Å². The number of benzene rings is 1. The van der Waals surface area contributed by atoms with Gasteiger partial charge in [-0.3, -0.25) is 0 Å². The molecule has 0 radical (unpaired) electrons. The number of unbranched alkanes of at least 4 members (excludes halogenated alkanes) is 17. The van der Waals surface area contributed by atoms with Crippen molar-refractivity contribution in [3.63, 3.8) is 0 Å². The SMILES string of the molecule is CCCCCCCCCCCCCCCCCCCCc1cc(O)cc(OC(C)C)c1. The fourth-order valence-electron chi connectivity index (χ4n) is 4.36. The summed E-state index contributed by atoms with van der Waals surface area (Å²) in [5, 5.41) is 9.88. The van der Waals surface area contributed by atoms with Gasteiger partial charge in [-0.05, 0) is 44.4 Å². The van der Waals surface area contributed by atoms with Gasteiger partial charge in [-0.1, -0.05) is 116 Å². The number of hydrogen-bond donors (Lipinski definition) is 1. The van der Waals surface area contributed by atoms with E-state index in [0.29, 0.717) is 5.75 Å². The van der Waals surface area contributed by atoms with Crippen molar-refractivity contribution in [1.29, 1.82) is 0 Å². The zero-order valence-corrected chi connectivity index (χ0v) is 21.1. The number of rotatable bonds is 21. The molecule has 180 valence electrons. The number of hydrogen-bond acceptors (Lipinski definition) is 2. The summed E-state index contributed by atoms with van der Waals surface area (Å²) >= 11 is 0. The minimum atomic E-state index is 0.139. The van der Waals surface area contributed by atoms with Crippen LogP contribution in [-0.4, -0.2) is 11.2 Å². The summed E-state index contributed by atoms with van der Waals surface area (Å²) in [4.78, 5) is 0. The molecule has 1 aromatic carbocycles. The van der Waals surface area contributed by atoms with Gasteiger partial charge >= 0.3 is 0 Å². The summed E-state index contributed by atoms with van der Waals surface area (Å²) in [5.74, 6) is 1.10. The van der Waals surface area contributed by atoms with Gasteiger partial charge in [0.05, 0.1) is 6.10 Å². The van der Waals surface area contributed by atoms with Gasteiger partial charge in [-0.15, -0.1) is 0 Å². The molecule has 2 heteroatoms. The van der Waals surface area contributed by atoms with Crippen molar-refractivity contribution in [3.8, 4) is 11.5 Å². The Kier molecular flexibility index (Phi) is 17.5. The highest BCUT2D eigenvalue weighted by atomic mass is 16.5. The molecule has 0 atom stereocenters. The second kappa shape index (κ2) is 19.5. The molecular weight excluding hydrogens is 380 g/mol. The second-order valence-electron chi connectivity index (χ2n) is 9.76. The Bertz CT molecular complexity index is 523. The molecule has 2 nitrogen and oxygen atoms in total. The molecule has 0 fully saturated rings. The molecule has 31 heavy (non-hydrogen) atoms. The minimum Gasteiger partial charge on any atom is -0.508 e. The third kappa shape index (κ3) is 17.1. The smallest absolute Gasteiger partial charge is 0.123 e. The van der Waals surface area contributed by atoms with Gasteiger partial charge in [0.2, 0.25) is 0 Å². The first kappa shape index (κ1) is 27.9. The number of aryl methyl sites for hydroxylation is 1. The van der Waals surface area contributed by atoms with Crippen molar-refractivity contribution >= 4 is 0 Å². The van der Waals surface area contributed by atoms with Gasteiger partial charge in [0.15, 0.2) is 0 Å². The van der Waals surface area contributed by atoms with Crippen LogP contribution in [-0.2, 0) is 6.42 Å². The predicted octanol–water partition coefficient (Wildman–Crippen LogP) is 9.76. The second-order valence-corrected chi connectivity index (χ2v) is 9.76. The lowest BCUT2D eigenvalue weighted by atomic mass is 10.0. The summed E-state index contributed by atoms with van der Waals surface area (Å²) in [6.07, 6.45) is 26.5. The molecule has 0 heterocycles. The lowest BCUT2D eigenvalue weighted by Gasteiger charge is -2.12. The molecule has 0 aliphatic heterocycles. The van der Waals surface area contributed by atoms with E-state index in [1.54, 1.807) is 6.07 Å². The van der Waals surface area contributed by atoms with Gasteiger partial charge < -0.3 is 9.84 Å². The van der Waals surface area contributed by atoms with Crippen molar-refractivity contribution in [3.05, 3.63) is 23.8 Å². The normalized spacial score (nSPS) is 11.4. The van der Waals surface area contributed by atoms with Crippen LogP contribution in [0.1, 0.15) is 142 Å². The van der Waals surface area contributed by atoms with E-state index >= 15 is 0 Å². The molecule has 0 aliphatic rings. The van der Waals surface area contributed by atoms with Crippen LogP contribution >= 0.6 is 0 Å². The van der Waals surface area contributed by atoms with Crippen LogP contribution in [0.5, 0.6) is 11.5 Å². The Morgan fingerprint density at radius 2 is 1.03 bits per heavy atom. The molecule has 0 unspecified atom stereocenters. The average molecular weight is 433 g/mol. The molecule has 0 aromatic heterocycles. The molecule has 1 rings (SSSR count). The topological polar surface area (TPSA) is 29.5 Å². The van der Waals surface area contributed by atoms with Gasteiger partial charge in [-0.25, -0.2) is 0 Å². The monoisotopic (exact) mass is 432 g/mol. The maximum Gasteiger partial charge on any atom is 0.123 e. The van der Waals surface area contributed by atoms with E-state index in [4.69, 9.17) is 4.74 Å². The summed E-state index contributed by atoms with van der Waals surface area (Å²) in [5.41, 5.74) is 1.19. The molecule has 1 aromatic rings. The minimum absolute atomic E-state index is 0.139. The van der Waals surface area contributed by atoms with Crippen LogP contribution in [0.15, 0.2) is 18.2 Å². The van der Waals surface area contributed by atoms with Gasteiger partial charge in [0.1, 0.15) is 11.5 Å². The highest BCUT2D eigenvalue weighted by Gasteiger charge is 2.03. The van der Waals surface area contributed by atoms with E-state index in [2.05, 4.69) is 13.0 Å². The molecule has 0 bridgehead atoms. The molecule has 0 saturated heterocycles. The Labute approximate surface area is 194 Å². The Morgan fingerprint density at radius 1 is 0.613 bits per heavy atom. The third-order valence-corrected chi connectivity index (χ3v) is 6.14. The van der Waals surface area contributed by atoms with Crippen molar-refractivity contribution < 1.29 is 9.84 Å².